The highest BCUT2D eigenvalue weighted by Gasteiger charge is 2.49. The molecular weight excluding hydrogens is 264 g/mol. The third-order valence-corrected chi connectivity index (χ3v) is 4.37. The number of ether oxygens (including phenoxy) is 1. The molecule has 0 amide bonds. The summed E-state index contributed by atoms with van der Waals surface area (Å²) in [6.07, 6.45) is 5.20. The van der Waals surface area contributed by atoms with E-state index in [9.17, 15) is 9.90 Å². The average molecular weight is 286 g/mol. The van der Waals surface area contributed by atoms with Crippen molar-refractivity contribution in [3.8, 4) is 5.75 Å². The van der Waals surface area contributed by atoms with E-state index in [0.717, 1.165) is 6.42 Å². The van der Waals surface area contributed by atoms with Gasteiger partial charge in [-0.2, -0.15) is 0 Å². The molecule has 0 unspecified atom stereocenters. The minimum Gasteiger partial charge on any atom is -0.507 e. The molecule has 2 aliphatic carbocycles. The molecule has 112 valence electrons. The zero-order valence-corrected chi connectivity index (χ0v) is 12.7. The van der Waals surface area contributed by atoms with E-state index in [2.05, 4.69) is 12.2 Å². The second kappa shape index (κ2) is 4.99. The van der Waals surface area contributed by atoms with E-state index >= 15 is 0 Å². The van der Waals surface area contributed by atoms with E-state index in [4.69, 9.17) is 4.74 Å². The summed E-state index contributed by atoms with van der Waals surface area (Å²) >= 11 is 0. The maximum Gasteiger partial charge on any atom is 0.170 e. The van der Waals surface area contributed by atoms with Gasteiger partial charge in [0.05, 0.1) is 17.3 Å². The van der Waals surface area contributed by atoms with Crippen molar-refractivity contribution in [2.45, 2.75) is 38.9 Å². The average Bonchev–Trinajstić information content (AvgIpc) is 2.93. The van der Waals surface area contributed by atoms with Gasteiger partial charge in [0.15, 0.2) is 5.78 Å². The third kappa shape index (κ3) is 2.62. The van der Waals surface area contributed by atoms with Crippen LogP contribution >= 0.6 is 0 Å². The molecule has 1 N–H and O–H groups in total. The number of aromatic hydroxyl groups is 1. The number of ketones is 1. The Hall–Kier alpha value is -1.61. The van der Waals surface area contributed by atoms with Crippen LogP contribution < -0.4 is 0 Å². The van der Waals surface area contributed by atoms with Gasteiger partial charge in [-0.05, 0) is 39.3 Å². The number of fused-ring (bicyclic) bond motifs is 2. The molecule has 4 atom stereocenters. The first-order chi connectivity index (χ1) is 9.87. The van der Waals surface area contributed by atoms with Gasteiger partial charge in [-0.15, -0.1) is 0 Å². The highest BCUT2D eigenvalue weighted by molar-refractivity contribution is 6.00. The van der Waals surface area contributed by atoms with Crippen LogP contribution in [0.2, 0.25) is 0 Å². The molecule has 1 fully saturated rings. The number of phenolic OH excluding ortho intramolecular Hbond substituents is 1. The van der Waals surface area contributed by atoms with E-state index in [1.54, 1.807) is 24.3 Å². The summed E-state index contributed by atoms with van der Waals surface area (Å²) < 4.78 is 6.15. The number of rotatable bonds is 3. The fourth-order valence-electron chi connectivity index (χ4n) is 3.54. The third-order valence-electron chi connectivity index (χ3n) is 4.37. The Kier molecular flexibility index (Phi) is 3.40. The number of para-hydroxylation sites is 1. The van der Waals surface area contributed by atoms with Crippen LogP contribution in [-0.2, 0) is 4.74 Å². The minimum absolute atomic E-state index is 0.0347. The lowest BCUT2D eigenvalue weighted by Crippen LogP contribution is -2.32. The lowest BCUT2D eigenvalue weighted by atomic mass is 9.86. The maximum absolute atomic E-state index is 12.7. The Bertz CT molecular complexity index is 582. The summed E-state index contributed by atoms with van der Waals surface area (Å²) in [5.41, 5.74) is 0.220. The molecule has 2 aliphatic rings. The molecule has 3 heteroatoms. The molecule has 0 spiro atoms. The highest BCUT2D eigenvalue weighted by Crippen LogP contribution is 2.48. The van der Waals surface area contributed by atoms with Gasteiger partial charge in [-0.1, -0.05) is 24.3 Å². The number of hydrogen-bond donors (Lipinski definition) is 1. The van der Waals surface area contributed by atoms with Gasteiger partial charge < -0.3 is 9.84 Å². The molecule has 0 aliphatic heterocycles. The molecule has 1 saturated carbocycles. The van der Waals surface area contributed by atoms with Gasteiger partial charge in [0, 0.05) is 17.8 Å². The summed E-state index contributed by atoms with van der Waals surface area (Å²) in [6.45, 7) is 6.14. The molecule has 1 aromatic carbocycles. The predicted octanol–water partition coefficient (Wildman–Crippen LogP) is 3.58. The van der Waals surface area contributed by atoms with Gasteiger partial charge in [-0.3, -0.25) is 4.79 Å². The topological polar surface area (TPSA) is 46.5 Å². The van der Waals surface area contributed by atoms with Gasteiger partial charge in [0.2, 0.25) is 0 Å². The molecular formula is C18H22O3. The lowest BCUT2D eigenvalue weighted by Gasteiger charge is -2.28. The van der Waals surface area contributed by atoms with Crippen LogP contribution in [0.3, 0.4) is 0 Å². The van der Waals surface area contributed by atoms with Crippen LogP contribution in [0.5, 0.6) is 5.75 Å². The van der Waals surface area contributed by atoms with Crippen molar-refractivity contribution < 1.29 is 14.6 Å². The smallest absolute Gasteiger partial charge is 0.170 e. The molecule has 0 radical (unpaired) electrons. The SMILES string of the molecule is CC(C)(C)O[C@H]1[C@H]2C=C[C@@H]1C[C@@H]2C(=O)c1ccccc1O. The monoisotopic (exact) mass is 286 g/mol. The molecule has 0 heterocycles. The summed E-state index contributed by atoms with van der Waals surface area (Å²) in [5.74, 6) is 0.464. The van der Waals surface area contributed by atoms with Crippen LogP contribution in [-0.4, -0.2) is 22.6 Å². The van der Waals surface area contributed by atoms with Crippen molar-refractivity contribution in [3.63, 3.8) is 0 Å². The van der Waals surface area contributed by atoms with Gasteiger partial charge in [0.25, 0.3) is 0 Å². The van der Waals surface area contributed by atoms with Crippen LogP contribution in [0.4, 0.5) is 0 Å². The summed E-state index contributed by atoms with van der Waals surface area (Å²) in [4.78, 5) is 12.7. The number of Topliss-reactive ketones (excluding diaryl/α,β-unsaturated/α-hetero) is 1. The fourth-order valence-corrected chi connectivity index (χ4v) is 3.54. The first-order valence-electron chi connectivity index (χ1n) is 7.55. The van der Waals surface area contributed by atoms with E-state index in [-0.39, 0.29) is 35.1 Å². The maximum atomic E-state index is 12.7. The molecule has 21 heavy (non-hydrogen) atoms. The van der Waals surface area contributed by atoms with Gasteiger partial charge in [0.1, 0.15) is 5.75 Å². The Balaban J connectivity index is 1.81. The fraction of sp³-hybridized carbons (Fsp3) is 0.500. The number of carbonyl (C=O) groups excluding carboxylic acids is 1. The summed E-state index contributed by atoms with van der Waals surface area (Å²) in [6, 6.07) is 6.80. The molecule has 3 rings (SSSR count). The first-order valence-corrected chi connectivity index (χ1v) is 7.55. The van der Waals surface area contributed by atoms with Gasteiger partial charge in [-0.25, -0.2) is 0 Å². The van der Waals surface area contributed by atoms with Crippen molar-refractivity contribution in [1.82, 2.24) is 0 Å². The van der Waals surface area contributed by atoms with Crippen LogP contribution in [0.1, 0.15) is 37.6 Å². The second-order valence-electron chi connectivity index (χ2n) is 7.04. The largest absolute Gasteiger partial charge is 0.507 e. The predicted molar refractivity (Wildman–Crippen MR) is 81.3 cm³/mol. The van der Waals surface area contributed by atoms with Gasteiger partial charge >= 0.3 is 0 Å². The Morgan fingerprint density at radius 3 is 2.62 bits per heavy atom. The first kappa shape index (κ1) is 14.3. The number of benzene rings is 1. The van der Waals surface area contributed by atoms with E-state index in [1.165, 1.54) is 0 Å². The zero-order chi connectivity index (χ0) is 15.2. The Morgan fingerprint density at radius 1 is 1.24 bits per heavy atom. The Labute approximate surface area is 125 Å². The minimum atomic E-state index is -0.208. The number of carbonyl (C=O) groups is 1. The van der Waals surface area contributed by atoms with Crippen molar-refractivity contribution in [2.75, 3.05) is 0 Å². The molecule has 1 aromatic rings. The number of phenols is 1. The normalized spacial score (nSPS) is 30.8. The van der Waals surface area contributed by atoms with Crippen LogP contribution in [0.15, 0.2) is 36.4 Å². The molecule has 0 saturated heterocycles. The van der Waals surface area contributed by atoms with E-state index in [1.807, 2.05) is 20.8 Å². The molecule has 3 nitrogen and oxygen atoms in total. The van der Waals surface area contributed by atoms with Crippen molar-refractivity contribution in [1.29, 1.82) is 0 Å². The lowest BCUT2D eigenvalue weighted by molar-refractivity contribution is -0.0769. The summed E-state index contributed by atoms with van der Waals surface area (Å²) in [5, 5.41) is 9.89. The van der Waals surface area contributed by atoms with Crippen molar-refractivity contribution in [3.05, 3.63) is 42.0 Å². The van der Waals surface area contributed by atoms with Crippen LogP contribution in [0.25, 0.3) is 0 Å². The molecule has 0 aromatic heterocycles. The quantitative estimate of drug-likeness (QED) is 0.682. The van der Waals surface area contributed by atoms with Crippen molar-refractivity contribution in [2.24, 2.45) is 17.8 Å². The van der Waals surface area contributed by atoms with Crippen LogP contribution in [0, 0.1) is 17.8 Å². The zero-order valence-electron chi connectivity index (χ0n) is 12.7. The summed E-state index contributed by atoms with van der Waals surface area (Å²) in [7, 11) is 0. The standard InChI is InChI=1S/C18H22O3/c1-18(2,3)21-17-11-8-9-12(17)14(10-11)16(20)13-6-4-5-7-15(13)19/h4-9,11-12,14,17,19H,10H2,1-3H3/t11-,12+,14+,17-/m1/s1. The number of hydrogen-bond acceptors (Lipinski definition) is 3. The Morgan fingerprint density at radius 2 is 1.95 bits per heavy atom. The second-order valence-corrected chi connectivity index (χ2v) is 7.04. The highest BCUT2D eigenvalue weighted by atomic mass is 16.5. The van der Waals surface area contributed by atoms with Crippen molar-refractivity contribution >= 4 is 5.78 Å². The van der Waals surface area contributed by atoms with E-state index < -0.39 is 0 Å². The molecule has 2 bridgehead atoms. The van der Waals surface area contributed by atoms with E-state index in [0.29, 0.717) is 11.5 Å².